The highest BCUT2D eigenvalue weighted by atomic mass is 16.5. The van der Waals surface area contributed by atoms with E-state index in [1.165, 1.54) is 0 Å². The largest absolute Gasteiger partial charge is 0.383 e. The predicted octanol–water partition coefficient (Wildman–Crippen LogP) is 0.797. The number of nitrogens with one attached hydrogen (secondary N) is 1. The van der Waals surface area contributed by atoms with Crippen LogP contribution in [0.3, 0.4) is 0 Å². The zero-order valence-electron chi connectivity index (χ0n) is 6.18. The van der Waals surface area contributed by atoms with Crippen molar-refractivity contribution in [3.63, 3.8) is 0 Å². The molecule has 0 heterocycles. The Morgan fingerprint density at radius 1 is 1.78 bits per heavy atom. The summed E-state index contributed by atoms with van der Waals surface area (Å²) in [5.41, 5.74) is 0. The Hall–Kier alpha value is -0.340. The van der Waals surface area contributed by atoms with Crippen molar-refractivity contribution in [3.8, 4) is 0 Å². The average Bonchev–Trinajstić information content (AvgIpc) is 1.89. The summed E-state index contributed by atoms with van der Waals surface area (Å²) in [6.45, 7) is 7.35. The Labute approximate surface area is 56.9 Å². The Balaban J connectivity index is 2.96. The molecule has 0 aromatic rings. The Morgan fingerprint density at radius 2 is 2.44 bits per heavy atom. The predicted molar refractivity (Wildman–Crippen MR) is 39.5 cm³/mol. The molecule has 0 radical (unpaired) electrons. The van der Waals surface area contributed by atoms with Gasteiger partial charge in [0.1, 0.15) is 0 Å². The van der Waals surface area contributed by atoms with Gasteiger partial charge in [-0.15, -0.1) is 6.58 Å². The molecule has 1 N–H and O–H groups in total. The van der Waals surface area contributed by atoms with Crippen LogP contribution in [0.25, 0.3) is 0 Å². The van der Waals surface area contributed by atoms with E-state index < -0.39 is 0 Å². The molecule has 0 aliphatic heterocycles. The van der Waals surface area contributed by atoms with E-state index in [0.717, 1.165) is 13.2 Å². The van der Waals surface area contributed by atoms with Crippen LogP contribution in [-0.2, 0) is 4.74 Å². The number of hydrogen-bond acceptors (Lipinski definition) is 2. The molecule has 0 aliphatic rings. The fourth-order valence-corrected chi connectivity index (χ4v) is 0.472. The minimum atomic E-state index is 0.389. The van der Waals surface area contributed by atoms with Gasteiger partial charge in [-0.05, 0) is 6.92 Å². The van der Waals surface area contributed by atoms with Crippen LogP contribution in [0, 0.1) is 0 Å². The van der Waals surface area contributed by atoms with E-state index in [-0.39, 0.29) is 0 Å². The van der Waals surface area contributed by atoms with E-state index in [4.69, 9.17) is 4.74 Å². The third-order valence-electron chi connectivity index (χ3n) is 1.13. The summed E-state index contributed by atoms with van der Waals surface area (Å²) in [5.74, 6) is 0. The molecule has 1 unspecified atom stereocenters. The number of hydrogen-bond donors (Lipinski definition) is 1. The average molecular weight is 129 g/mol. The summed E-state index contributed by atoms with van der Waals surface area (Å²) >= 11 is 0. The van der Waals surface area contributed by atoms with Crippen molar-refractivity contribution in [2.75, 3.05) is 20.3 Å². The Morgan fingerprint density at radius 3 is 2.89 bits per heavy atom. The molecule has 0 aromatic carbocycles. The molecule has 0 bridgehead atoms. The summed E-state index contributed by atoms with van der Waals surface area (Å²) in [4.78, 5) is 0. The van der Waals surface area contributed by atoms with Crippen LogP contribution >= 0.6 is 0 Å². The SMILES string of the molecule is C=CC(C)NCCOC. The van der Waals surface area contributed by atoms with Gasteiger partial charge in [-0.1, -0.05) is 6.08 Å². The van der Waals surface area contributed by atoms with Crippen LogP contribution in [-0.4, -0.2) is 26.3 Å². The number of ether oxygens (including phenoxy) is 1. The number of rotatable bonds is 5. The molecule has 0 rings (SSSR count). The Bertz CT molecular complexity index is 73.3. The van der Waals surface area contributed by atoms with E-state index in [1.54, 1.807) is 7.11 Å². The zero-order chi connectivity index (χ0) is 7.11. The standard InChI is InChI=1S/C7H15NO/c1-4-7(2)8-5-6-9-3/h4,7-8H,1,5-6H2,2-3H3. The Kier molecular flexibility index (Phi) is 5.57. The van der Waals surface area contributed by atoms with Crippen molar-refractivity contribution in [1.29, 1.82) is 0 Å². The van der Waals surface area contributed by atoms with Gasteiger partial charge >= 0.3 is 0 Å². The summed E-state index contributed by atoms with van der Waals surface area (Å²) in [7, 11) is 1.69. The second kappa shape index (κ2) is 5.79. The van der Waals surface area contributed by atoms with Gasteiger partial charge in [-0.3, -0.25) is 0 Å². The fraction of sp³-hybridized carbons (Fsp3) is 0.714. The first kappa shape index (κ1) is 8.66. The highest BCUT2D eigenvalue weighted by Gasteiger charge is 1.90. The summed E-state index contributed by atoms with van der Waals surface area (Å²) in [6.07, 6.45) is 1.87. The lowest BCUT2D eigenvalue weighted by atomic mass is 10.3. The maximum Gasteiger partial charge on any atom is 0.0587 e. The second-order valence-electron chi connectivity index (χ2n) is 1.97. The van der Waals surface area contributed by atoms with E-state index in [0.29, 0.717) is 6.04 Å². The first-order chi connectivity index (χ1) is 4.31. The van der Waals surface area contributed by atoms with Crippen molar-refractivity contribution >= 4 is 0 Å². The lowest BCUT2D eigenvalue weighted by Gasteiger charge is -2.06. The van der Waals surface area contributed by atoms with Gasteiger partial charge in [0.25, 0.3) is 0 Å². The third-order valence-corrected chi connectivity index (χ3v) is 1.13. The molecule has 54 valence electrons. The van der Waals surface area contributed by atoms with Crippen molar-refractivity contribution in [3.05, 3.63) is 12.7 Å². The molecule has 9 heavy (non-hydrogen) atoms. The van der Waals surface area contributed by atoms with Crippen molar-refractivity contribution in [1.82, 2.24) is 5.32 Å². The van der Waals surface area contributed by atoms with E-state index in [9.17, 15) is 0 Å². The van der Waals surface area contributed by atoms with Crippen LogP contribution < -0.4 is 5.32 Å². The monoisotopic (exact) mass is 129 g/mol. The molecule has 2 heteroatoms. The van der Waals surface area contributed by atoms with Gasteiger partial charge in [0.2, 0.25) is 0 Å². The highest BCUT2D eigenvalue weighted by Crippen LogP contribution is 1.78. The molecular weight excluding hydrogens is 114 g/mol. The minimum Gasteiger partial charge on any atom is -0.383 e. The normalized spacial score (nSPS) is 13.1. The molecule has 2 nitrogen and oxygen atoms in total. The molecule has 0 saturated heterocycles. The van der Waals surface area contributed by atoms with Crippen LogP contribution in [0.5, 0.6) is 0 Å². The first-order valence-corrected chi connectivity index (χ1v) is 3.16. The van der Waals surface area contributed by atoms with Gasteiger partial charge in [0, 0.05) is 19.7 Å². The lowest BCUT2D eigenvalue weighted by molar-refractivity contribution is 0.198. The summed E-state index contributed by atoms with van der Waals surface area (Å²) in [6, 6.07) is 0.389. The molecule has 0 aliphatic carbocycles. The van der Waals surface area contributed by atoms with Crippen LogP contribution in [0.2, 0.25) is 0 Å². The van der Waals surface area contributed by atoms with E-state index >= 15 is 0 Å². The minimum absolute atomic E-state index is 0.389. The molecule has 0 aromatic heterocycles. The number of methoxy groups -OCH3 is 1. The van der Waals surface area contributed by atoms with E-state index in [1.807, 2.05) is 6.08 Å². The molecule has 0 fully saturated rings. The maximum absolute atomic E-state index is 4.84. The quantitative estimate of drug-likeness (QED) is 0.438. The van der Waals surface area contributed by atoms with Gasteiger partial charge in [0.15, 0.2) is 0 Å². The van der Waals surface area contributed by atoms with Crippen molar-refractivity contribution < 1.29 is 4.74 Å². The second-order valence-corrected chi connectivity index (χ2v) is 1.97. The summed E-state index contributed by atoms with van der Waals surface area (Å²) < 4.78 is 4.84. The molecular formula is C7H15NO. The van der Waals surface area contributed by atoms with Crippen LogP contribution in [0.1, 0.15) is 6.92 Å². The van der Waals surface area contributed by atoms with Crippen LogP contribution in [0.15, 0.2) is 12.7 Å². The van der Waals surface area contributed by atoms with Gasteiger partial charge in [-0.2, -0.15) is 0 Å². The maximum atomic E-state index is 4.84. The molecule has 1 atom stereocenters. The summed E-state index contributed by atoms with van der Waals surface area (Å²) in [5, 5.41) is 3.19. The lowest BCUT2D eigenvalue weighted by Crippen LogP contribution is -2.27. The molecule has 0 amide bonds. The fourth-order valence-electron chi connectivity index (χ4n) is 0.472. The van der Waals surface area contributed by atoms with Gasteiger partial charge in [0.05, 0.1) is 6.61 Å². The van der Waals surface area contributed by atoms with Crippen molar-refractivity contribution in [2.45, 2.75) is 13.0 Å². The topological polar surface area (TPSA) is 21.3 Å². The van der Waals surface area contributed by atoms with Crippen LogP contribution in [0.4, 0.5) is 0 Å². The van der Waals surface area contributed by atoms with Gasteiger partial charge < -0.3 is 10.1 Å². The molecule has 0 saturated carbocycles. The molecule has 0 spiro atoms. The highest BCUT2D eigenvalue weighted by molar-refractivity contribution is 4.80. The van der Waals surface area contributed by atoms with Crippen molar-refractivity contribution in [2.24, 2.45) is 0 Å². The first-order valence-electron chi connectivity index (χ1n) is 3.16. The zero-order valence-corrected chi connectivity index (χ0v) is 6.18. The van der Waals surface area contributed by atoms with E-state index in [2.05, 4.69) is 18.8 Å². The third kappa shape index (κ3) is 5.53. The van der Waals surface area contributed by atoms with Gasteiger partial charge in [-0.25, -0.2) is 0 Å². The smallest absolute Gasteiger partial charge is 0.0587 e.